The van der Waals surface area contributed by atoms with Crippen LogP contribution in [0.15, 0.2) is 47.4 Å². The van der Waals surface area contributed by atoms with E-state index in [2.05, 4.69) is 4.72 Å². The third kappa shape index (κ3) is 3.40. The Morgan fingerprint density at radius 2 is 2.00 bits per heavy atom. The van der Waals surface area contributed by atoms with E-state index in [4.69, 9.17) is 11.0 Å². The Kier molecular flexibility index (Phi) is 4.26. The van der Waals surface area contributed by atoms with Crippen LogP contribution < -0.4 is 10.5 Å². The fourth-order valence-electron chi connectivity index (χ4n) is 1.92. The summed E-state index contributed by atoms with van der Waals surface area (Å²) in [5.74, 6) is 0. The minimum Gasteiger partial charge on any atom is -0.326 e. The van der Waals surface area contributed by atoms with Crippen LogP contribution in [0.5, 0.6) is 0 Å². The van der Waals surface area contributed by atoms with Crippen molar-refractivity contribution in [3.8, 4) is 6.07 Å². The van der Waals surface area contributed by atoms with Crippen LogP contribution in [0.25, 0.3) is 0 Å². The SMILES string of the molecule is Cc1ccc(CN)cc1S(=O)(=O)Nc1cccc(C#N)c1. The van der Waals surface area contributed by atoms with Crippen molar-refractivity contribution in [2.45, 2.75) is 18.4 Å². The monoisotopic (exact) mass is 301 g/mol. The van der Waals surface area contributed by atoms with Crippen LogP contribution in [0, 0.1) is 18.3 Å². The molecule has 2 aromatic carbocycles. The molecule has 0 aromatic heterocycles. The quantitative estimate of drug-likeness (QED) is 0.904. The Labute approximate surface area is 124 Å². The topological polar surface area (TPSA) is 96.0 Å². The van der Waals surface area contributed by atoms with Crippen LogP contribution in [-0.4, -0.2) is 8.42 Å². The summed E-state index contributed by atoms with van der Waals surface area (Å²) < 4.78 is 27.4. The molecule has 0 unspecified atom stereocenters. The second-order valence-corrected chi connectivity index (χ2v) is 6.25. The lowest BCUT2D eigenvalue weighted by Crippen LogP contribution is -2.15. The molecule has 0 bridgehead atoms. The van der Waals surface area contributed by atoms with Crippen molar-refractivity contribution in [3.63, 3.8) is 0 Å². The number of aryl methyl sites for hydroxylation is 1. The Morgan fingerprint density at radius 3 is 2.67 bits per heavy atom. The minimum atomic E-state index is -3.72. The number of nitrogens with one attached hydrogen (secondary N) is 1. The smallest absolute Gasteiger partial charge is 0.262 e. The lowest BCUT2D eigenvalue weighted by molar-refractivity contribution is 0.600. The number of hydrogen-bond acceptors (Lipinski definition) is 4. The first-order valence-electron chi connectivity index (χ1n) is 6.29. The van der Waals surface area contributed by atoms with Crippen molar-refractivity contribution >= 4 is 15.7 Å². The van der Waals surface area contributed by atoms with Gasteiger partial charge in [0.05, 0.1) is 22.2 Å². The van der Waals surface area contributed by atoms with Crippen LogP contribution in [-0.2, 0) is 16.6 Å². The molecule has 0 aliphatic rings. The standard InChI is InChI=1S/C15H15N3O2S/c1-11-5-6-13(10-17)8-15(11)21(19,20)18-14-4-2-3-12(7-14)9-16/h2-8,18H,10,17H2,1H3. The van der Waals surface area contributed by atoms with Crippen LogP contribution in [0.4, 0.5) is 5.69 Å². The van der Waals surface area contributed by atoms with Crippen LogP contribution in [0.3, 0.4) is 0 Å². The molecule has 6 heteroatoms. The fourth-order valence-corrected chi connectivity index (χ4v) is 3.27. The van der Waals surface area contributed by atoms with E-state index in [0.29, 0.717) is 16.8 Å². The molecule has 3 N–H and O–H groups in total. The van der Waals surface area contributed by atoms with E-state index in [-0.39, 0.29) is 11.4 Å². The third-order valence-corrected chi connectivity index (χ3v) is 4.54. The maximum atomic E-state index is 12.5. The van der Waals surface area contributed by atoms with E-state index in [1.807, 2.05) is 6.07 Å². The molecule has 0 amide bonds. The van der Waals surface area contributed by atoms with Gasteiger partial charge in [0.2, 0.25) is 0 Å². The molecule has 21 heavy (non-hydrogen) atoms. The minimum absolute atomic E-state index is 0.188. The molecule has 0 radical (unpaired) electrons. The van der Waals surface area contributed by atoms with Crippen molar-refractivity contribution in [3.05, 3.63) is 59.2 Å². The van der Waals surface area contributed by atoms with Crippen molar-refractivity contribution in [2.75, 3.05) is 4.72 Å². The summed E-state index contributed by atoms with van der Waals surface area (Å²) in [5, 5.41) is 8.85. The number of nitrogens with two attached hydrogens (primary N) is 1. The number of benzene rings is 2. The number of anilines is 1. The summed E-state index contributed by atoms with van der Waals surface area (Å²) in [6.45, 7) is 1.99. The van der Waals surface area contributed by atoms with Gasteiger partial charge in [-0.05, 0) is 42.3 Å². The number of rotatable bonds is 4. The van der Waals surface area contributed by atoms with Gasteiger partial charge in [-0.3, -0.25) is 4.72 Å². The molecule has 0 fully saturated rings. The summed E-state index contributed by atoms with van der Waals surface area (Å²) in [6, 6.07) is 13.4. The maximum absolute atomic E-state index is 12.5. The predicted octanol–water partition coefficient (Wildman–Crippen LogP) is 2.13. The summed E-state index contributed by atoms with van der Waals surface area (Å²) >= 11 is 0. The van der Waals surface area contributed by atoms with Crippen LogP contribution in [0.1, 0.15) is 16.7 Å². The van der Waals surface area contributed by atoms with E-state index >= 15 is 0 Å². The maximum Gasteiger partial charge on any atom is 0.262 e. The second-order valence-electron chi connectivity index (χ2n) is 4.60. The van der Waals surface area contributed by atoms with Crippen molar-refractivity contribution in [1.82, 2.24) is 0 Å². The molecule has 2 rings (SSSR count). The van der Waals surface area contributed by atoms with E-state index in [9.17, 15) is 8.42 Å². The molecule has 2 aromatic rings. The first-order valence-corrected chi connectivity index (χ1v) is 7.77. The van der Waals surface area contributed by atoms with Gasteiger partial charge in [-0.25, -0.2) is 8.42 Å². The molecular weight excluding hydrogens is 286 g/mol. The first-order chi connectivity index (χ1) is 9.96. The number of sulfonamides is 1. The molecule has 0 saturated carbocycles. The summed E-state index contributed by atoms with van der Waals surface area (Å²) in [6.07, 6.45) is 0. The fraction of sp³-hybridized carbons (Fsp3) is 0.133. The van der Waals surface area contributed by atoms with E-state index in [1.54, 1.807) is 43.3 Å². The normalized spacial score (nSPS) is 10.9. The van der Waals surface area contributed by atoms with E-state index in [0.717, 1.165) is 5.56 Å². The Balaban J connectivity index is 2.41. The molecule has 0 saturated heterocycles. The van der Waals surface area contributed by atoms with E-state index in [1.165, 1.54) is 6.07 Å². The van der Waals surface area contributed by atoms with Crippen molar-refractivity contribution in [2.24, 2.45) is 5.73 Å². The zero-order chi connectivity index (χ0) is 15.5. The highest BCUT2D eigenvalue weighted by Gasteiger charge is 2.17. The van der Waals surface area contributed by atoms with Crippen molar-refractivity contribution < 1.29 is 8.42 Å². The number of hydrogen-bond donors (Lipinski definition) is 2. The molecule has 0 atom stereocenters. The van der Waals surface area contributed by atoms with Crippen LogP contribution >= 0.6 is 0 Å². The van der Waals surface area contributed by atoms with Gasteiger partial charge in [0, 0.05) is 6.54 Å². The molecule has 0 aliphatic heterocycles. The molecule has 0 heterocycles. The van der Waals surface area contributed by atoms with Gasteiger partial charge in [-0.15, -0.1) is 0 Å². The zero-order valence-electron chi connectivity index (χ0n) is 11.5. The molecule has 0 aliphatic carbocycles. The molecular formula is C15H15N3O2S. The molecule has 0 spiro atoms. The molecule has 108 valence electrons. The summed E-state index contributed by atoms with van der Waals surface area (Å²) in [7, 11) is -3.72. The van der Waals surface area contributed by atoms with Gasteiger partial charge in [0.1, 0.15) is 0 Å². The zero-order valence-corrected chi connectivity index (χ0v) is 12.3. The van der Waals surface area contributed by atoms with Gasteiger partial charge in [0.15, 0.2) is 0 Å². The van der Waals surface area contributed by atoms with E-state index < -0.39 is 10.0 Å². The number of nitriles is 1. The highest BCUT2D eigenvalue weighted by Crippen LogP contribution is 2.21. The highest BCUT2D eigenvalue weighted by molar-refractivity contribution is 7.92. The second kappa shape index (κ2) is 5.95. The van der Waals surface area contributed by atoms with Gasteiger partial charge in [-0.1, -0.05) is 18.2 Å². The average Bonchev–Trinajstić information content (AvgIpc) is 2.47. The Bertz CT molecular complexity index is 808. The molecule has 5 nitrogen and oxygen atoms in total. The highest BCUT2D eigenvalue weighted by atomic mass is 32.2. The van der Waals surface area contributed by atoms with Gasteiger partial charge >= 0.3 is 0 Å². The van der Waals surface area contributed by atoms with Gasteiger partial charge in [0.25, 0.3) is 10.0 Å². The summed E-state index contributed by atoms with van der Waals surface area (Å²) in [4.78, 5) is 0.188. The largest absolute Gasteiger partial charge is 0.326 e. The Hall–Kier alpha value is -2.36. The van der Waals surface area contributed by atoms with Crippen molar-refractivity contribution in [1.29, 1.82) is 5.26 Å². The van der Waals surface area contributed by atoms with Gasteiger partial charge in [-0.2, -0.15) is 5.26 Å². The Morgan fingerprint density at radius 1 is 1.24 bits per heavy atom. The lowest BCUT2D eigenvalue weighted by Gasteiger charge is -2.11. The van der Waals surface area contributed by atoms with Crippen LogP contribution in [0.2, 0.25) is 0 Å². The third-order valence-electron chi connectivity index (χ3n) is 3.02. The van der Waals surface area contributed by atoms with Gasteiger partial charge < -0.3 is 5.73 Å². The summed E-state index contributed by atoms with van der Waals surface area (Å²) in [5.41, 5.74) is 7.67. The first kappa shape index (κ1) is 15.0. The lowest BCUT2D eigenvalue weighted by atomic mass is 10.1. The predicted molar refractivity (Wildman–Crippen MR) is 81.0 cm³/mol. The average molecular weight is 301 g/mol. The number of nitrogens with zero attached hydrogens (tertiary/aromatic N) is 1.